The van der Waals surface area contributed by atoms with Gasteiger partial charge in [0.15, 0.2) is 5.82 Å². The Morgan fingerprint density at radius 2 is 1.56 bits per heavy atom. The highest BCUT2D eigenvalue weighted by Crippen LogP contribution is 2.35. The monoisotopic (exact) mass is 432 g/mol. The number of benzene rings is 1. The van der Waals surface area contributed by atoms with Crippen molar-refractivity contribution in [2.24, 2.45) is 11.8 Å². The number of nitrogens with zero attached hydrogens (tertiary/aromatic N) is 6. The standard InChI is InChI=1S/C24H25FN6O/c1-14-15(2)28-24(29-16(14)3)31-12-17-10-30(11-18(17)13-31)23(32)19-6-4-7-20(25)21(19)22-26-8-5-9-27-22/h4-9,17-18H,10-13H2,1-3H3. The Morgan fingerprint density at radius 3 is 2.19 bits per heavy atom. The number of rotatable bonds is 3. The SMILES string of the molecule is Cc1nc(N2CC3CN(C(=O)c4cccc(F)c4-c4ncccn4)CC3C2)nc(C)c1C. The van der Waals surface area contributed by atoms with Crippen LogP contribution in [0.5, 0.6) is 0 Å². The Hall–Kier alpha value is -3.42. The van der Waals surface area contributed by atoms with E-state index in [1.54, 1.807) is 30.6 Å². The van der Waals surface area contributed by atoms with E-state index in [9.17, 15) is 9.18 Å². The quantitative estimate of drug-likeness (QED) is 0.633. The third kappa shape index (κ3) is 3.49. The van der Waals surface area contributed by atoms with Gasteiger partial charge in [-0.25, -0.2) is 24.3 Å². The summed E-state index contributed by atoms with van der Waals surface area (Å²) in [5, 5.41) is 0. The first kappa shape index (κ1) is 20.5. The van der Waals surface area contributed by atoms with Gasteiger partial charge in [0, 0.05) is 61.8 Å². The predicted octanol–water partition coefficient (Wildman–Crippen LogP) is 3.21. The third-order valence-electron chi connectivity index (χ3n) is 6.71. The summed E-state index contributed by atoms with van der Waals surface area (Å²) in [6.07, 6.45) is 3.10. The molecule has 0 aliphatic carbocycles. The summed E-state index contributed by atoms with van der Waals surface area (Å²) in [7, 11) is 0. The minimum Gasteiger partial charge on any atom is -0.340 e. The molecule has 2 aliphatic rings. The number of likely N-dealkylation sites (tertiary alicyclic amines) is 1. The van der Waals surface area contributed by atoms with Crippen molar-refractivity contribution >= 4 is 11.9 Å². The van der Waals surface area contributed by atoms with Crippen LogP contribution in [0.3, 0.4) is 0 Å². The fourth-order valence-electron chi connectivity index (χ4n) is 4.75. The lowest BCUT2D eigenvalue weighted by atomic mass is 10.0. The molecule has 164 valence electrons. The lowest BCUT2D eigenvalue weighted by Crippen LogP contribution is -2.34. The van der Waals surface area contributed by atoms with Gasteiger partial charge in [-0.1, -0.05) is 6.07 Å². The molecule has 7 nitrogen and oxygen atoms in total. The molecule has 2 atom stereocenters. The van der Waals surface area contributed by atoms with Crippen molar-refractivity contribution < 1.29 is 9.18 Å². The van der Waals surface area contributed by atoms with Crippen molar-refractivity contribution in [3.63, 3.8) is 0 Å². The molecule has 8 heteroatoms. The number of aryl methyl sites for hydroxylation is 2. The number of halogens is 1. The summed E-state index contributed by atoms with van der Waals surface area (Å²) < 4.78 is 14.7. The van der Waals surface area contributed by atoms with Crippen LogP contribution in [-0.4, -0.2) is 56.9 Å². The Kier molecular flexibility index (Phi) is 5.07. The average Bonchev–Trinajstić information content (AvgIpc) is 3.36. The number of hydrogen-bond donors (Lipinski definition) is 0. The molecule has 2 fully saturated rings. The maximum absolute atomic E-state index is 14.7. The van der Waals surface area contributed by atoms with Gasteiger partial charge in [0.25, 0.3) is 5.91 Å². The van der Waals surface area contributed by atoms with E-state index in [0.29, 0.717) is 30.5 Å². The topological polar surface area (TPSA) is 75.1 Å². The van der Waals surface area contributed by atoms with Gasteiger partial charge in [0.1, 0.15) is 5.82 Å². The summed E-state index contributed by atoms with van der Waals surface area (Å²) in [5.41, 5.74) is 3.60. The van der Waals surface area contributed by atoms with E-state index in [1.165, 1.54) is 6.07 Å². The van der Waals surface area contributed by atoms with Crippen LogP contribution >= 0.6 is 0 Å². The molecule has 0 radical (unpaired) electrons. The maximum atomic E-state index is 14.7. The van der Waals surface area contributed by atoms with Crippen LogP contribution in [0.4, 0.5) is 10.3 Å². The van der Waals surface area contributed by atoms with Crippen molar-refractivity contribution in [1.29, 1.82) is 0 Å². The Morgan fingerprint density at radius 1 is 0.938 bits per heavy atom. The zero-order chi connectivity index (χ0) is 22.4. The summed E-state index contributed by atoms with van der Waals surface area (Å²) in [4.78, 5) is 35.1. The van der Waals surface area contributed by atoms with E-state index < -0.39 is 5.82 Å². The normalized spacial score (nSPS) is 20.0. The molecule has 0 bridgehead atoms. The van der Waals surface area contributed by atoms with Gasteiger partial charge in [-0.15, -0.1) is 0 Å². The van der Waals surface area contributed by atoms with Gasteiger partial charge in [-0.05, 0) is 44.5 Å². The molecule has 1 aromatic carbocycles. The van der Waals surface area contributed by atoms with Crippen LogP contribution in [0.2, 0.25) is 0 Å². The van der Waals surface area contributed by atoms with Crippen LogP contribution in [0.1, 0.15) is 27.3 Å². The van der Waals surface area contributed by atoms with E-state index in [0.717, 1.165) is 36.0 Å². The van der Waals surface area contributed by atoms with Gasteiger partial charge in [-0.2, -0.15) is 0 Å². The Balaban J connectivity index is 1.34. The second-order valence-electron chi connectivity index (χ2n) is 8.69. The van der Waals surface area contributed by atoms with Crippen LogP contribution in [0, 0.1) is 38.4 Å². The summed E-state index contributed by atoms with van der Waals surface area (Å²) in [6.45, 7) is 8.96. The van der Waals surface area contributed by atoms with Gasteiger partial charge in [-0.3, -0.25) is 4.79 Å². The molecule has 2 saturated heterocycles. The predicted molar refractivity (Wildman–Crippen MR) is 119 cm³/mol. The minimum atomic E-state index is -0.491. The summed E-state index contributed by atoms with van der Waals surface area (Å²) in [5.74, 6) is 1.01. The number of carbonyl (C=O) groups excluding carboxylic acids is 1. The first-order valence-electron chi connectivity index (χ1n) is 10.8. The zero-order valence-electron chi connectivity index (χ0n) is 18.4. The average molecular weight is 433 g/mol. The number of aromatic nitrogens is 4. The molecule has 2 aliphatic heterocycles. The molecule has 5 rings (SSSR count). The smallest absolute Gasteiger partial charge is 0.254 e. The molecule has 1 amide bonds. The van der Waals surface area contributed by atoms with Gasteiger partial charge >= 0.3 is 0 Å². The molecule has 0 spiro atoms. The van der Waals surface area contributed by atoms with Crippen LogP contribution < -0.4 is 4.90 Å². The highest BCUT2D eigenvalue weighted by Gasteiger charge is 2.43. The highest BCUT2D eigenvalue weighted by atomic mass is 19.1. The van der Waals surface area contributed by atoms with E-state index >= 15 is 0 Å². The summed E-state index contributed by atoms with van der Waals surface area (Å²) in [6, 6.07) is 6.22. The van der Waals surface area contributed by atoms with E-state index in [1.807, 2.05) is 25.7 Å². The number of carbonyl (C=O) groups is 1. The molecule has 2 aromatic heterocycles. The van der Waals surface area contributed by atoms with Crippen molar-refractivity contribution in [3.8, 4) is 11.4 Å². The number of anilines is 1. The van der Waals surface area contributed by atoms with Gasteiger partial charge < -0.3 is 9.80 Å². The fourth-order valence-corrected chi connectivity index (χ4v) is 4.75. The second kappa shape index (κ2) is 7.93. The van der Waals surface area contributed by atoms with Gasteiger partial charge in [0.2, 0.25) is 5.95 Å². The van der Waals surface area contributed by atoms with E-state index in [-0.39, 0.29) is 17.3 Å². The highest BCUT2D eigenvalue weighted by molar-refractivity contribution is 6.00. The van der Waals surface area contributed by atoms with Crippen LogP contribution in [0.15, 0.2) is 36.7 Å². The molecule has 0 saturated carbocycles. The summed E-state index contributed by atoms with van der Waals surface area (Å²) >= 11 is 0. The Bertz CT molecular complexity index is 1150. The molecule has 32 heavy (non-hydrogen) atoms. The van der Waals surface area contributed by atoms with Crippen molar-refractivity contribution in [3.05, 3.63) is 65.0 Å². The lowest BCUT2D eigenvalue weighted by molar-refractivity contribution is 0.0783. The molecule has 3 aromatic rings. The fraction of sp³-hybridized carbons (Fsp3) is 0.375. The van der Waals surface area contributed by atoms with Gasteiger partial charge in [0.05, 0.1) is 11.1 Å². The number of fused-ring (bicyclic) bond motifs is 1. The maximum Gasteiger partial charge on any atom is 0.254 e. The first-order chi connectivity index (χ1) is 15.4. The first-order valence-corrected chi connectivity index (χ1v) is 10.8. The minimum absolute atomic E-state index is 0.163. The molecular formula is C24H25FN6O. The largest absolute Gasteiger partial charge is 0.340 e. The third-order valence-corrected chi connectivity index (χ3v) is 6.71. The molecule has 0 N–H and O–H groups in total. The lowest BCUT2D eigenvalue weighted by Gasteiger charge is -2.23. The Labute approximate surface area is 186 Å². The molecule has 2 unspecified atom stereocenters. The van der Waals surface area contributed by atoms with Crippen LogP contribution in [-0.2, 0) is 0 Å². The van der Waals surface area contributed by atoms with Crippen molar-refractivity contribution in [1.82, 2.24) is 24.8 Å². The number of hydrogen-bond acceptors (Lipinski definition) is 6. The van der Waals surface area contributed by atoms with Crippen LogP contribution in [0.25, 0.3) is 11.4 Å². The second-order valence-corrected chi connectivity index (χ2v) is 8.69. The zero-order valence-corrected chi connectivity index (χ0v) is 18.4. The molecular weight excluding hydrogens is 407 g/mol. The van der Waals surface area contributed by atoms with E-state index in [4.69, 9.17) is 0 Å². The van der Waals surface area contributed by atoms with E-state index in [2.05, 4.69) is 24.8 Å². The van der Waals surface area contributed by atoms with Crippen molar-refractivity contribution in [2.75, 3.05) is 31.1 Å². The number of amides is 1. The molecule has 4 heterocycles. The van der Waals surface area contributed by atoms with Crippen molar-refractivity contribution in [2.45, 2.75) is 20.8 Å².